The van der Waals surface area contributed by atoms with Gasteiger partial charge < -0.3 is 8.23 Å². The first-order chi connectivity index (χ1) is 15.2. The van der Waals surface area contributed by atoms with Crippen LogP contribution in [0.15, 0.2) is 24.3 Å². The Morgan fingerprint density at radius 2 is 0.794 bits per heavy atom. The molecule has 0 amide bonds. The maximum atomic E-state index is 6.29. The molecule has 2 aromatic carbocycles. The van der Waals surface area contributed by atoms with Crippen molar-refractivity contribution in [3.63, 3.8) is 0 Å². The summed E-state index contributed by atoms with van der Waals surface area (Å²) in [6.07, 6.45) is 0. The minimum absolute atomic E-state index is 0.239. The van der Waals surface area contributed by atoms with Crippen LogP contribution in [-0.4, -0.2) is 48.5 Å². The summed E-state index contributed by atoms with van der Waals surface area (Å²) in [7, 11) is -5.20. The van der Waals surface area contributed by atoms with Gasteiger partial charge in [0.15, 0.2) is 16.6 Å². The number of benzene rings is 2. The van der Waals surface area contributed by atoms with E-state index in [4.69, 9.17) is 8.23 Å². The van der Waals surface area contributed by atoms with Crippen LogP contribution >= 0.6 is 0 Å². The summed E-state index contributed by atoms with van der Waals surface area (Å²) in [4.78, 5) is 0. The van der Waals surface area contributed by atoms with E-state index in [0.29, 0.717) is 0 Å². The van der Waals surface area contributed by atoms with Gasteiger partial charge >= 0.3 is 132 Å². The molecular formula is C27H49GeO2Si4. The Balaban J connectivity index is 0.000000352. The third kappa shape index (κ3) is 11.2. The van der Waals surface area contributed by atoms with E-state index >= 15 is 0 Å². The average Bonchev–Trinajstić information content (AvgIpc) is 2.56. The molecule has 2 nitrogen and oxygen atoms in total. The molecule has 0 N–H and O–H groups in total. The molecule has 0 bridgehead atoms. The normalized spacial score (nSPS) is 12.6. The van der Waals surface area contributed by atoms with E-state index in [9.17, 15) is 0 Å². The molecule has 2 rings (SSSR count). The van der Waals surface area contributed by atoms with Gasteiger partial charge in [0.25, 0.3) is 0 Å². The van der Waals surface area contributed by atoms with E-state index in [1.807, 2.05) is 0 Å². The van der Waals surface area contributed by atoms with Gasteiger partial charge in [0.05, 0.1) is 0 Å². The van der Waals surface area contributed by atoms with E-state index in [-0.39, 0.29) is 15.4 Å². The quantitative estimate of drug-likeness (QED) is 0.331. The van der Waals surface area contributed by atoms with E-state index in [2.05, 4.69) is 125 Å². The van der Waals surface area contributed by atoms with Crippen molar-refractivity contribution >= 4 is 57.3 Å². The molecular weight excluding hydrogens is 541 g/mol. The van der Waals surface area contributed by atoms with Crippen LogP contribution < -0.4 is 8.79 Å². The van der Waals surface area contributed by atoms with E-state index in [1.165, 1.54) is 33.4 Å². The topological polar surface area (TPSA) is 18.5 Å². The zero-order valence-corrected chi connectivity index (χ0v) is 30.7. The van der Waals surface area contributed by atoms with Crippen molar-refractivity contribution < 1.29 is 8.23 Å². The SMILES string of the molecule is C[Si](C)(C)O[Si](O[Si](C)(C)C)[Si](C)(C)C.Cc1cc(C)[c]([Ge][c]2c(C)cc(C)cc2C)c(C)c1. The Bertz CT molecular complexity index is 853. The summed E-state index contributed by atoms with van der Waals surface area (Å²) in [6.45, 7) is 34.0. The fraction of sp³-hybridized carbons (Fsp3) is 0.556. The van der Waals surface area contributed by atoms with Crippen LogP contribution in [0.4, 0.5) is 0 Å². The first-order valence-electron chi connectivity index (χ1n) is 12.4. The van der Waals surface area contributed by atoms with Crippen LogP contribution in [0.3, 0.4) is 0 Å². The Hall–Kier alpha value is -0.230. The fourth-order valence-corrected chi connectivity index (χ4v) is 25.0. The Morgan fingerprint density at radius 3 is 1.00 bits per heavy atom. The van der Waals surface area contributed by atoms with Crippen molar-refractivity contribution in [3.8, 4) is 0 Å². The molecule has 189 valence electrons. The van der Waals surface area contributed by atoms with Crippen LogP contribution in [0, 0.1) is 41.5 Å². The Morgan fingerprint density at radius 1 is 0.529 bits per heavy atom. The predicted octanol–water partition coefficient (Wildman–Crippen LogP) is 6.79. The van der Waals surface area contributed by atoms with Gasteiger partial charge in [-0.15, -0.1) is 0 Å². The van der Waals surface area contributed by atoms with Gasteiger partial charge in [-0.25, -0.2) is 0 Å². The monoisotopic (exact) mass is 591 g/mol. The molecule has 0 aliphatic carbocycles. The molecule has 0 aromatic heterocycles. The van der Waals surface area contributed by atoms with Crippen LogP contribution in [-0.2, 0) is 8.23 Å². The number of aryl methyl sites for hydroxylation is 6. The molecule has 7 heteroatoms. The summed E-state index contributed by atoms with van der Waals surface area (Å²) in [5.74, 6) is 0. The van der Waals surface area contributed by atoms with Crippen molar-refractivity contribution in [1.29, 1.82) is 0 Å². The summed E-state index contributed by atoms with van der Waals surface area (Å²) in [5, 5.41) is 0. The minimum atomic E-state index is -1.45. The van der Waals surface area contributed by atoms with Gasteiger partial charge in [-0.05, 0) is 39.3 Å². The molecule has 0 atom stereocenters. The number of rotatable bonds is 7. The van der Waals surface area contributed by atoms with Gasteiger partial charge in [-0.1, -0.05) is 19.6 Å². The number of hydrogen-bond acceptors (Lipinski definition) is 2. The van der Waals surface area contributed by atoms with Crippen LogP contribution in [0.5, 0.6) is 0 Å². The summed E-state index contributed by atoms with van der Waals surface area (Å²) in [5.41, 5.74) is 8.63. The van der Waals surface area contributed by atoms with Gasteiger partial charge in [-0.2, -0.15) is 0 Å². The van der Waals surface area contributed by atoms with Crippen LogP contribution in [0.1, 0.15) is 33.4 Å². The first kappa shape index (κ1) is 31.8. The van der Waals surface area contributed by atoms with Crippen molar-refractivity contribution in [2.45, 2.75) is 100 Å². The molecule has 0 aliphatic heterocycles. The van der Waals surface area contributed by atoms with Crippen molar-refractivity contribution in [1.82, 2.24) is 0 Å². The van der Waals surface area contributed by atoms with Gasteiger partial charge in [0, 0.05) is 0 Å². The van der Waals surface area contributed by atoms with E-state index in [0.717, 1.165) is 0 Å². The van der Waals surface area contributed by atoms with Crippen molar-refractivity contribution in [2.24, 2.45) is 0 Å². The summed E-state index contributed by atoms with van der Waals surface area (Å²) in [6, 6.07) is 9.30. The van der Waals surface area contributed by atoms with Crippen LogP contribution in [0.25, 0.3) is 0 Å². The second-order valence-corrected chi connectivity index (χ2v) is 36.1. The van der Waals surface area contributed by atoms with Crippen LogP contribution in [0.2, 0.25) is 58.9 Å². The van der Waals surface area contributed by atoms with E-state index < -0.39 is 33.0 Å². The molecule has 0 aliphatic rings. The van der Waals surface area contributed by atoms with E-state index in [1.54, 1.807) is 8.79 Å². The fourth-order valence-electron chi connectivity index (χ4n) is 3.76. The van der Waals surface area contributed by atoms with Crippen molar-refractivity contribution in [2.75, 3.05) is 0 Å². The predicted molar refractivity (Wildman–Crippen MR) is 164 cm³/mol. The second kappa shape index (κ2) is 12.3. The molecule has 0 unspecified atom stereocenters. The second-order valence-electron chi connectivity index (χ2n) is 12.6. The molecule has 0 saturated carbocycles. The average molecular weight is 591 g/mol. The van der Waals surface area contributed by atoms with Gasteiger partial charge in [0.2, 0.25) is 0 Å². The first-order valence-corrected chi connectivity index (χ1v) is 27.1. The van der Waals surface area contributed by atoms with Gasteiger partial charge in [0.1, 0.15) is 7.59 Å². The number of hydrogen-bond donors (Lipinski definition) is 0. The molecule has 0 heterocycles. The summed E-state index contributed by atoms with van der Waals surface area (Å²) < 4.78 is 15.8. The Labute approximate surface area is 222 Å². The Kier molecular flexibility index (Phi) is 11.5. The molecule has 0 spiro atoms. The molecule has 2 aromatic rings. The molecule has 34 heavy (non-hydrogen) atoms. The van der Waals surface area contributed by atoms with Crippen molar-refractivity contribution in [3.05, 3.63) is 57.6 Å². The summed E-state index contributed by atoms with van der Waals surface area (Å²) >= 11 is -0.239. The zero-order chi connectivity index (χ0) is 26.6. The standard InChI is InChI=1S/C18H22Ge.C9H27O2Si4/c1-11-7-13(3)17(14(4)8-11)19-18-15(5)9-12(2)10-16(18)6;1-13(2,3)10-12(15(7,8)9)11-14(4,5)6/h7-10H,1-6H3;1-9H3. The third-order valence-electron chi connectivity index (χ3n) is 5.01. The van der Waals surface area contributed by atoms with Gasteiger partial charge in [-0.3, -0.25) is 0 Å². The maximum absolute atomic E-state index is 6.29. The molecule has 0 fully saturated rings. The third-order valence-corrected chi connectivity index (χ3v) is 22.5. The molecule has 0 saturated heterocycles. The zero-order valence-electron chi connectivity index (χ0n) is 24.6. The molecule has 3 radical (unpaired) electrons.